The number of carbonyl (C=O) groups excluding carboxylic acids is 1. The van der Waals surface area contributed by atoms with Crippen LogP contribution in [-0.4, -0.2) is 15.8 Å². The molecule has 0 bridgehead atoms. The van der Waals surface area contributed by atoms with Gasteiger partial charge >= 0.3 is 0 Å². The van der Waals surface area contributed by atoms with E-state index in [2.05, 4.69) is 24.3 Å². The highest BCUT2D eigenvalue weighted by atomic mass is 32.1. The molecule has 0 atom stereocenters. The standard InChI is InChI=1S/C32H34O4S/c1-32(2,3)30(35)9-7-5-4-6-8-25(37)18-21-10-12-22(13-11-21)31-26-16-14-23(33)19-28(26)36-29-20-24(34)15-17-27(29)31/h10-17,19-20,33H,4-9,18H2,1-3H3. The molecule has 192 valence electrons. The van der Waals surface area contributed by atoms with E-state index in [0.29, 0.717) is 23.5 Å². The summed E-state index contributed by atoms with van der Waals surface area (Å²) in [5.74, 6) is 0.946. The van der Waals surface area contributed by atoms with Crippen LogP contribution in [0.15, 0.2) is 69.9 Å². The van der Waals surface area contributed by atoms with Crippen LogP contribution in [-0.2, 0) is 11.2 Å². The van der Waals surface area contributed by atoms with Gasteiger partial charge in [0.15, 0.2) is 5.43 Å². The fourth-order valence-electron chi connectivity index (χ4n) is 4.61. The van der Waals surface area contributed by atoms with E-state index in [0.717, 1.165) is 65.5 Å². The number of thiocarbonyl (C=S) groups is 1. The van der Waals surface area contributed by atoms with Crippen LogP contribution in [0, 0.1) is 5.41 Å². The monoisotopic (exact) mass is 514 g/mol. The van der Waals surface area contributed by atoms with E-state index in [-0.39, 0.29) is 16.6 Å². The Hall–Kier alpha value is -3.31. The number of fused-ring (bicyclic) bond motifs is 2. The molecule has 0 fully saturated rings. The summed E-state index contributed by atoms with van der Waals surface area (Å²) >= 11 is 5.66. The largest absolute Gasteiger partial charge is 0.508 e. The van der Waals surface area contributed by atoms with E-state index >= 15 is 0 Å². The molecule has 2 aromatic carbocycles. The molecular formula is C32H34O4S. The van der Waals surface area contributed by atoms with E-state index in [1.807, 2.05) is 26.8 Å². The van der Waals surface area contributed by atoms with Gasteiger partial charge in [-0.2, -0.15) is 0 Å². The second kappa shape index (κ2) is 11.4. The molecule has 1 aliphatic heterocycles. The highest BCUT2D eigenvalue weighted by molar-refractivity contribution is 7.80. The molecule has 1 aliphatic carbocycles. The Morgan fingerprint density at radius 2 is 1.59 bits per heavy atom. The molecule has 0 saturated heterocycles. The third-order valence-corrected chi connectivity index (χ3v) is 7.12. The average molecular weight is 515 g/mol. The first-order valence-electron chi connectivity index (χ1n) is 13.0. The van der Waals surface area contributed by atoms with Gasteiger partial charge in [-0.3, -0.25) is 9.59 Å². The molecule has 1 heterocycles. The van der Waals surface area contributed by atoms with Crippen molar-refractivity contribution in [2.24, 2.45) is 5.41 Å². The lowest BCUT2D eigenvalue weighted by atomic mass is 9.88. The van der Waals surface area contributed by atoms with Gasteiger partial charge in [0, 0.05) is 46.9 Å². The Morgan fingerprint density at radius 3 is 2.30 bits per heavy atom. The summed E-state index contributed by atoms with van der Waals surface area (Å²) in [6.07, 6.45) is 6.51. The van der Waals surface area contributed by atoms with Crippen molar-refractivity contribution >= 4 is 33.8 Å². The zero-order valence-corrected chi connectivity index (χ0v) is 22.6. The third kappa shape index (κ3) is 6.72. The molecule has 5 heteroatoms. The molecule has 0 spiro atoms. The van der Waals surface area contributed by atoms with E-state index in [1.165, 1.54) is 11.6 Å². The molecule has 0 saturated carbocycles. The van der Waals surface area contributed by atoms with Crippen LogP contribution in [0.5, 0.6) is 5.75 Å². The quantitative estimate of drug-likeness (QED) is 0.131. The SMILES string of the molecule is CC(C)(C)C(=O)CCCCCCC(=S)Cc1ccc(-c2c3ccc(=O)cc-3oc3cc(O)ccc23)cc1. The maximum absolute atomic E-state index is 12.0. The fourth-order valence-corrected chi connectivity index (χ4v) is 4.92. The highest BCUT2D eigenvalue weighted by Crippen LogP contribution is 2.40. The first-order valence-corrected chi connectivity index (χ1v) is 13.4. The van der Waals surface area contributed by atoms with Crippen molar-refractivity contribution in [3.8, 4) is 28.2 Å². The zero-order valence-electron chi connectivity index (χ0n) is 21.8. The number of ketones is 1. The van der Waals surface area contributed by atoms with Gasteiger partial charge in [0.05, 0.1) is 0 Å². The van der Waals surface area contributed by atoms with Crippen LogP contribution in [0.4, 0.5) is 0 Å². The van der Waals surface area contributed by atoms with Crippen LogP contribution in [0.1, 0.15) is 64.9 Å². The smallest absolute Gasteiger partial charge is 0.182 e. The average Bonchev–Trinajstić information content (AvgIpc) is 2.84. The molecule has 0 unspecified atom stereocenters. The minimum atomic E-state index is -0.240. The zero-order chi connectivity index (χ0) is 26.6. The predicted octanol–water partition coefficient (Wildman–Crippen LogP) is 8.14. The molecule has 37 heavy (non-hydrogen) atoms. The highest BCUT2D eigenvalue weighted by Gasteiger charge is 2.20. The second-order valence-electron chi connectivity index (χ2n) is 10.8. The van der Waals surface area contributed by atoms with Crippen LogP contribution in [0.3, 0.4) is 0 Å². The summed E-state index contributed by atoms with van der Waals surface area (Å²) < 4.78 is 5.94. The molecule has 4 nitrogen and oxygen atoms in total. The number of aromatic hydroxyl groups is 1. The van der Waals surface area contributed by atoms with Crippen molar-refractivity contribution in [1.82, 2.24) is 0 Å². The number of Topliss-reactive ketones (excluding diaryl/α,β-unsaturated/α-hetero) is 1. The number of carbonyl (C=O) groups is 1. The van der Waals surface area contributed by atoms with E-state index < -0.39 is 0 Å². The van der Waals surface area contributed by atoms with E-state index in [9.17, 15) is 14.7 Å². The summed E-state index contributed by atoms with van der Waals surface area (Å²) in [4.78, 5) is 25.0. The van der Waals surface area contributed by atoms with Crippen LogP contribution >= 0.6 is 12.2 Å². The van der Waals surface area contributed by atoms with Gasteiger partial charge in [0.1, 0.15) is 22.9 Å². The van der Waals surface area contributed by atoms with Crippen molar-refractivity contribution in [3.63, 3.8) is 0 Å². The Kier molecular flexibility index (Phi) is 8.23. The van der Waals surface area contributed by atoms with Gasteiger partial charge < -0.3 is 9.52 Å². The van der Waals surface area contributed by atoms with Gasteiger partial charge in [0.2, 0.25) is 0 Å². The number of hydrogen-bond donors (Lipinski definition) is 1. The number of phenols is 1. The van der Waals surface area contributed by atoms with Gasteiger partial charge in [-0.05, 0) is 59.5 Å². The summed E-state index contributed by atoms with van der Waals surface area (Å²) in [5, 5.41) is 10.8. The Bertz CT molecular complexity index is 1440. The van der Waals surface area contributed by atoms with Gasteiger partial charge in [-0.25, -0.2) is 0 Å². The Labute approximate surface area is 223 Å². The molecule has 1 N–H and O–H groups in total. The lowest BCUT2D eigenvalue weighted by Crippen LogP contribution is -2.19. The summed E-state index contributed by atoms with van der Waals surface area (Å²) in [7, 11) is 0. The van der Waals surface area contributed by atoms with Crippen LogP contribution in [0.2, 0.25) is 0 Å². The van der Waals surface area contributed by atoms with E-state index in [4.69, 9.17) is 16.6 Å². The minimum Gasteiger partial charge on any atom is -0.508 e. The number of rotatable bonds is 10. The molecule has 2 aliphatic rings. The lowest BCUT2D eigenvalue weighted by molar-refractivity contribution is -0.126. The molecule has 0 radical (unpaired) electrons. The van der Waals surface area contributed by atoms with Crippen molar-refractivity contribution in [3.05, 3.63) is 76.5 Å². The third-order valence-electron chi connectivity index (χ3n) is 6.77. The summed E-state index contributed by atoms with van der Waals surface area (Å²) in [6, 6.07) is 18.2. The first-order chi connectivity index (χ1) is 17.6. The number of hydrogen-bond acceptors (Lipinski definition) is 5. The van der Waals surface area contributed by atoms with Gasteiger partial charge in [0.25, 0.3) is 0 Å². The Morgan fingerprint density at radius 1 is 0.892 bits per heavy atom. The normalized spacial score (nSPS) is 11.8. The minimum absolute atomic E-state index is 0.113. The van der Waals surface area contributed by atoms with Crippen molar-refractivity contribution in [2.45, 2.75) is 65.7 Å². The Balaban J connectivity index is 1.40. The van der Waals surface area contributed by atoms with Crippen molar-refractivity contribution in [1.29, 1.82) is 0 Å². The molecule has 4 rings (SSSR count). The second-order valence-corrected chi connectivity index (χ2v) is 11.4. The fraction of sp³-hybridized carbons (Fsp3) is 0.344. The molecule has 0 aromatic heterocycles. The molecule has 0 amide bonds. The summed E-state index contributed by atoms with van der Waals surface area (Å²) in [6.45, 7) is 5.94. The van der Waals surface area contributed by atoms with Gasteiger partial charge in [-0.1, -0.05) is 70.1 Å². The van der Waals surface area contributed by atoms with Crippen LogP contribution in [0.25, 0.3) is 33.4 Å². The van der Waals surface area contributed by atoms with Gasteiger partial charge in [-0.15, -0.1) is 0 Å². The van der Waals surface area contributed by atoms with Crippen molar-refractivity contribution in [2.75, 3.05) is 0 Å². The summed E-state index contributed by atoms with van der Waals surface area (Å²) in [5.41, 5.74) is 4.16. The predicted molar refractivity (Wildman–Crippen MR) is 155 cm³/mol. The molecule has 2 aromatic rings. The lowest BCUT2D eigenvalue weighted by Gasteiger charge is -2.16. The molecular weight excluding hydrogens is 480 g/mol. The number of unbranched alkanes of at least 4 members (excludes halogenated alkanes) is 3. The van der Waals surface area contributed by atoms with Crippen molar-refractivity contribution < 1.29 is 14.3 Å². The number of benzene rings is 3. The number of phenolic OH excluding ortho intramolecular Hbond substituents is 1. The maximum Gasteiger partial charge on any atom is 0.182 e. The topological polar surface area (TPSA) is 67.5 Å². The van der Waals surface area contributed by atoms with E-state index in [1.54, 1.807) is 24.3 Å². The van der Waals surface area contributed by atoms with Crippen LogP contribution < -0.4 is 5.43 Å². The first kappa shape index (κ1) is 26.7. The maximum atomic E-state index is 12.0.